The molecule has 0 atom stereocenters. The van der Waals surface area contributed by atoms with E-state index in [1.54, 1.807) is 12.3 Å². The van der Waals surface area contributed by atoms with E-state index in [-0.39, 0.29) is 4.99 Å². The Hall–Kier alpha value is -2.53. The van der Waals surface area contributed by atoms with Crippen LogP contribution >= 0.6 is 12.2 Å². The molecule has 5 heteroatoms. The minimum Gasteiger partial charge on any atom is -0.388 e. The SMILES string of the molecule is NC(=S)c1ccnc(Nc2ccc3ccccc3c2)n1. The minimum atomic E-state index is 0.258. The van der Waals surface area contributed by atoms with Gasteiger partial charge in [-0.2, -0.15) is 0 Å². The van der Waals surface area contributed by atoms with Crippen molar-refractivity contribution in [3.8, 4) is 0 Å². The molecule has 0 unspecified atom stereocenters. The highest BCUT2D eigenvalue weighted by molar-refractivity contribution is 7.80. The van der Waals surface area contributed by atoms with Gasteiger partial charge in [-0.1, -0.05) is 42.5 Å². The Bertz CT molecular complexity index is 785. The summed E-state index contributed by atoms with van der Waals surface area (Å²) in [6, 6.07) is 15.9. The number of benzene rings is 2. The number of hydrogen-bond acceptors (Lipinski definition) is 4. The third-order valence-corrected chi connectivity index (χ3v) is 3.12. The summed E-state index contributed by atoms with van der Waals surface area (Å²) in [7, 11) is 0. The molecule has 0 spiro atoms. The quantitative estimate of drug-likeness (QED) is 0.722. The van der Waals surface area contributed by atoms with E-state index in [0.717, 1.165) is 11.1 Å². The van der Waals surface area contributed by atoms with E-state index >= 15 is 0 Å². The smallest absolute Gasteiger partial charge is 0.227 e. The van der Waals surface area contributed by atoms with Crippen LogP contribution in [0.4, 0.5) is 11.6 Å². The summed E-state index contributed by atoms with van der Waals surface area (Å²) in [5, 5.41) is 5.50. The van der Waals surface area contributed by atoms with Crippen molar-refractivity contribution in [1.82, 2.24) is 9.97 Å². The van der Waals surface area contributed by atoms with Crippen molar-refractivity contribution in [2.24, 2.45) is 5.73 Å². The number of nitrogens with one attached hydrogen (secondary N) is 1. The first-order valence-corrected chi connectivity index (χ1v) is 6.52. The second kappa shape index (κ2) is 5.22. The highest BCUT2D eigenvalue weighted by atomic mass is 32.1. The fraction of sp³-hybridized carbons (Fsp3) is 0. The first-order chi connectivity index (χ1) is 9.72. The van der Waals surface area contributed by atoms with Crippen molar-refractivity contribution in [2.45, 2.75) is 0 Å². The highest BCUT2D eigenvalue weighted by Gasteiger charge is 2.02. The van der Waals surface area contributed by atoms with Gasteiger partial charge in [-0.05, 0) is 29.0 Å². The van der Waals surface area contributed by atoms with E-state index in [1.165, 1.54) is 5.39 Å². The van der Waals surface area contributed by atoms with Crippen molar-refractivity contribution < 1.29 is 0 Å². The Balaban J connectivity index is 1.92. The molecular formula is C15H12N4S. The number of anilines is 2. The molecule has 1 aromatic heterocycles. The van der Waals surface area contributed by atoms with Gasteiger partial charge in [-0.25, -0.2) is 9.97 Å². The molecule has 0 amide bonds. The van der Waals surface area contributed by atoms with Crippen LogP contribution in [0.3, 0.4) is 0 Å². The molecule has 3 rings (SSSR count). The molecule has 0 aliphatic rings. The van der Waals surface area contributed by atoms with E-state index < -0.39 is 0 Å². The van der Waals surface area contributed by atoms with Crippen LogP contribution in [0.5, 0.6) is 0 Å². The van der Waals surface area contributed by atoms with E-state index in [2.05, 4.69) is 33.5 Å². The zero-order chi connectivity index (χ0) is 13.9. The van der Waals surface area contributed by atoms with Crippen molar-refractivity contribution in [2.75, 3.05) is 5.32 Å². The molecule has 0 aliphatic carbocycles. The average molecular weight is 280 g/mol. The number of aromatic nitrogens is 2. The molecule has 0 radical (unpaired) electrons. The minimum absolute atomic E-state index is 0.258. The normalized spacial score (nSPS) is 10.4. The van der Waals surface area contributed by atoms with E-state index in [0.29, 0.717) is 11.6 Å². The van der Waals surface area contributed by atoms with E-state index in [9.17, 15) is 0 Å². The van der Waals surface area contributed by atoms with Crippen molar-refractivity contribution in [3.05, 3.63) is 60.4 Å². The lowest BCUT2D eigenvalue weighted by Crippen LogP contribution is -2.12. The third kappa shape index (κ3) is 2.57. The van der Waals surface area contributed by atoms with Crippen molar-refractivity contribution >= 4 is 39.6 Å². The number of nitrogens with two attached hydrogens (primary N) is 1. The van der Waals surface area contributed by atoms with Gasteiger partial charge in [0.05, 0.1) is 0 Å². The average Bonchev–Trinajstić information content (AvgIpc) is 2.47. The van der Waals surface area contributed by atoms with E-state index in [1.807, 2.05) is 24.3 Å². The number of nitrogens with zero attached hydrogens (tertiary/aromatic N) is 2. The van der Waals surface area contributed by atoms with Crippen LogP contribution in [-0.2, 0) is 0 Å². The maximum Gasteiger partial charge on any atom is 0.227 e. The summed E-state index contributed by atoms with van der Waals surface area (Å²) in [6.45, 7) is 0. The molecule has 0 aliphatic heterocycles. The van der Waals surface area contributed by atoms with Crippen LogP contribution in [0.25, 0.3) is 10.8 Å². The van der Waals surface area contributed by atoms with Gasteiger partial charge in [-0.3, -0.25) is 0 Å². The lowest BCUT2D eigenvalue weighted by molar-refractivity contribution is 1.15. The zero-order valence-electron chi connectivity index (χ0n) is 10.6. The first-order valence-electron chi connectivity index (χ1n) is 6.11. The van der Waals surface area contributed by atoms with Gasteiger partial charge < -0.3 is 11.1 Å². The molecule has 0 saturated carbocycles. The van der Waals surface area contributed by atoms with Crippen LogP contribution < -0.4 is 11.1 Å². The molecular weight excluding hydrogens is 268 g/mol. The molecule has 20 heavy (non-hydrogen) atoms. The topological polar surface area (TPSA) is 63.8 Å². The highest BCUT2D eigenvalue weighted by Crippen LogP contribution is 2.20. The monoisotopic (exact) mass is 280 g/mol. The summed E-state index contributed by atoms with van der Waals surface area (Å²) < 4.78 is 0. The molecule has 0 fully saturated rings. The van der Waals surface area contributed by atoms with E-state index in [4.69, 9.17) is 18.0 Å². The number of hydrogen-bond donors (Lipinski definition) is 2. The molecule has 98 valence electrons. The van der Waals surface area contributed by atoms with Gasteiger partial charge in [-0.15, -0.1) is 0 Å². The third-order valence-electron chi connectivity index (χ3n) is 2.91. The standard InChI is InChI=1S/C15H12N4S/c16-14(20)13-7-8-17-15(19-13)18-12-6-5-10-3-1-2-4-11(10)9-12/h1-9H,(H2,16,20)(H,17,18,19). The Morgan fingerprint density at radius 2 is 1.85 bits per heavy atom. The van der Waals surface area contributed by atoms with Gasteiger partial charge in [0.25, 0.3) is 0 Å². The summed E-state index contributed by atoms with van der Waals surface area (Å²) >= 11 is 4.91. The van der Waals surface area contributed by atoms with Crippen molar-refractivity contribution in [3.63, 3.8) is 0 Å². The molecule has 2 aromatic carbocycles. The number of fused-ring (bicyclic) bond motifs is 1. The fourth-order valence-corrected chi connectivity index (χ4v) is 2.07. The molecule has 4 nitrogen and oxygen atoms in total. The van der Waals surface area contributed by atoms with Gasteiger partial charge >= 0.3 is 0 Å². The van der Waals surface area contributed by atoms with Gasteiger partial charge in [0, 0.05) is 11.9 Å². The first kappa shape index (κ1) is 12.5. The predicted octanol–water partition coefficient (Wildman–Crippen LogP) is 3.01. The Labute approximate surface area is 121 Å². The van der Waals surface area contributed by atoms with Crippen LogP contribution in [0.15, 0.2) is 54.7 Å². The Morgan fingerprint density at radius 1 is 1.05 bits per heavy atom. The maximum absolute atomic E-state index is 5.56. The maximum atomic E-state index is 5.56. The second-order valence-electron chi connectivity index (χ2n) is 4.32. The summed E-state index contributed by atoms with van der Waals surface area (Å²) in [4.78, 5) is 8.68. The van der Waals surface area contributed by atoms with Crippen LogP contribution in [0, 0.1) is 0 Å². The predicted molar refractivity (Wildman–Crippen MR) is 85.2 cm³/mol. The molecule has 0 bridgehead atoms. The number of rotatable bonds is 3. The zero-order valence-corrected chi connectivity index (χ0v) is 11.4. The Morgan fingerprint density at radius 3 is 2.65 bits per heavy atom. The fourth-order valence-electron chi connectivity index (χ4n) is 1.95. The van der Waals surface area contributed by atoms with Gasteiger partial charge in [0.1, 0.15) is 10.7 Å². The lowest BCUT2D eigenvalue weighted by Gasteiger charge is -2.07. The largest absolute Gasteiger partial charge is 0.388 e. The molecule has 0 saturated heterocycles. The summed E-state index contributed by atoms with van der Waals surface area (Å²) in [5.74, 6) is 0.477. The van der Waals surface area contributed by atoms with Crippen molar-refractivity contribution in [1.29, 1.82) is 0 Å². The molecule has 3 N–H and O–H groups in total. The van der Waals surface area contributed by atoms with Gasteiger partial charge in [0.2, 0.25) is 5.95 Å². The molecule has 3 aromatic rings. The van der Waals surface area contributed by atoms with Crippen LogP contribution in [0.1, 0.15) is 5.69 Å². The summed E-state index contributed by atoms with van der Waals surface area (Å²) in [6.07, 6.45) is 1.63. The van der Waals surface area contributed by atoms with Gasteiger partial charge in [0.15, 0.2) is 0 Å². The van der Waals surface area contributed by atoms with Crippen LogP contribution in [-0.4, -0.2) is 15.0 Å². The Kier molecular flexibility index (Phi) is 3.26. The summed E-state index contributed by atoms with van der Waals surface area (Å²) in [5.41, 5.74) is 7.04. The molecule has 1 heterocycles. The van der Waals surface area contributed by atoms with Crippen LogP contribution in [0.2, 0.25) is 0 Å². The lowest BCUT2D eigenvalue weighted by atomic mass is 10.1. The number of thiocarbonyl (C=S) groups is 1. The second-order valence-corrected chi connectivity index (χ2v) is 4.76.